The average Bonchev–Trinajstić information content (AvgIpc) is 2.98. The van der Waals surface area contributed by atoms with Crippen molar-refractivity contribution in [3.8, 4) is 11.3 Å². The molecule has 1 heterocycles. The number of carbonyl (C=O) groups is 1. The van der Waals surface area contributed by atoms with Gasteiger partial charge in [0.1, 0.15) is 16.5 Å². The van der Waals surface area contributed by atoms with E-state index in [9.17, 15) is 9.18 Å². The van der Waals surface area contributed by atoms with Gasteiger partial charge in [0, 0.05) is 11.3 Å². The summed E-state index contributed by atoms with van der Waals surface area (Å²) in [5.41, 5.74) is 7.87. The van der Waals surface area contributed by atoms with Crippen molar-refractivity contribution in [2.45, 2.75) is 4.34 Å². The molecule has 1 amide bonds. The van der Waals surface area contributed by atoms with E-state index in [4.69, 9.17) is 28.9 Å². The Kier molecular flexibility index (Phi) is 6.03. The number of thiazole rings is 1. The van der Waals surface area contributed by atoms with E-state index >= 15 is 0 Å². The van der Waals surface area contributed by atoms with Crippen LogP contribution in [0.25, 0.3) is 11.3 Å². The minimum absolute atomic E-state index is 0.163. The Balaban J connectivity index is 1.62. The molecule has 3 N–H and O–H groups in total. The van der Waals surface area contributed by atoms with Gasteiger partial charge in [-0.05, 0) is 42.5 Å². The number of carbonyl (C=O) groups excluding carboxylic acids is 1. The van der Waals surface area contributed by atoms with Gasteiger partial charge in [0.05, 0.1) is 15.8 Å². The molecule has 0 spiro atoms. The zero-order valence-corrected chi connectivity index (χ0v) is 16.3. The van der Waals surface area contributed by atoms with Crippen LogP contribution in [-0.2, 0) is 4.79 Å². The predicted molar refractivity (Wildman–Crippen MR) is 108 cm³/mol. The topological polar surface area (TPSA) is 68.0 Å². The van der Waals surface area contributed by atoms with E-state index in [1.165, 1.54) is 35.2 Å². The maximum absolute atomic E-state index is 13.0. The number of hydrogen-bond donors (Lipinski definition) is 2. The first-order valence-electron chi connectivity index (χ1n) is 7.32. The molecule has 3 rings (SSSR count). The first kappa shape index (κ1) is 19.0. The number of nitrogens with one attached hydrogen (secondary N) is 1. The Morgan fingerprint density at radius 2 is 1.92 bits per heavy atom. The summed E-state index contributed by atoms with van der Waals surface area (Å²) in [5.74, 6) is -0.364. The number of thioether (sulfide) groups is 1. The quantitative estimate of drug-likeness (QED) is 0.522. The first-order chi connectivity index (χ1) is 12.4. The average molecular weight is 428 g/mol. The number of rotatable bonds is 5. The Morgan fingerprint density at radius 3 is 2.62 bits per heavy atom. The maximum Gasteiger partial charge on any atom is 0.234 e. The molecule has 134 valence electrons. The van der Waals surface area contributed by atoms with Crippen LogP contribution in [0.4, 0.5) is 15.1 Å². The molecule has 0 aliphatic rings. The van der Waals surface area contributed by atoms with Crippen LogP contribution in [0.3, 0.4) is 0 Å². The predicted octanol–water partition coefficient (Wildman–Crippen LogP) is 5.57. The molecular weight excluding hydrogens is 416 g/mol. The number of nitrogens with two attached hydrogens (primary N) is 1. The van der Waals surface area contributed by atoms with Crippen LogP contribution < -0.4 is 11.1 Å². The lowest BCUT2D eigenvalue weighted by Gasteiger charge is -2.05. The second-order valence-corrected chi connectivity index (χ2v) is 8.23. The van der Waals surface area contributed by atoms with Crippen molar-refractivity contribution in [1.29, 1.82) is 0 Å². The van der Waals surface area contributed by atoms with E-state index < -0.39 is 0 Å². The molecule has 0 aliphatic carbocycles. The smallest absolute Gasteiger partial charge is 0.234 e. The third-order valence-electron chi connectivity index (χ3n) is 3.28. The number of nitrogen functional groups attached to an aromatic ring is 1. The first-order valence-corrected chi connectivity index (χ1v) is 9.88. The molecule has 2 aromatic carbocycles. The largest absolute Gasteiger partial charge is 0.389 e. The van der Waals surface area contributed by atoms with E-state index in [1.54, 1.807) is 30.3 Å². The fourth-order valence-corrected chi connectivity index (χ4v) is 4.13. The van der Waals surface area contributed by atoms with Gasteiger partial charge in [-0.15, -0.1) is 0 Å². The van der Waals surface area contributed by atoms with Crippen molar-refractivity contribution >= 4 is 62.9 Å². The number of aromatic nitrogens is 1. The van der Waals surface area contributed by atoms with Crippen molar-refractivity contribution in [1.82, 2.24) is 4.98 Å². The summed E-state index contributed by atoms with van der Waals surface area (Å²) in [7, 11) is 0. The molecule has 0 fully saturated rings. The van der Waals surface area contributed by atoms with Crippen LogP contribution in [0.2, 0.25) is 10.0 Å². The van der Waals surface area contributed by atoms with Gasteiger partial charge in [-0.25, -0.2) is 9.37 Å². The zero-order valence-electron chi connectivity index (χ0n) is 13.1. The van der Waals surface area contributed by atoms with Crippen molar-refractivity contribution in [3.63, 3.8) is 0 Å². The number of hydrogen-bond acceptors (Lipinski definition) is 5. The minimum atomic E-state index is -0.323. The summed E-state index contributed by atoms with van der Waals surface area (Å²) in [4.78, 5) is 16.5. The van der Waals surface area contributed by atoms with E-state index in [2.05, 4.69) is 10.3 Å². The molecule has 0 bridgehead atoms. The van der Waals surface area contributed by atoms with Gasteiger partial charge < -0.3 is 11.1 Å². The molecule has 0 aliphatic heterocycles. The van der Waals surface area contributed by atoms with E-state index in [-0.39, 0.29) is 17.5 Å². The highest BCUT2D eigenvalue weighted by atomic mass is 35.5. The fourth-order valence-electron chi connectivity index (χ4n) is 2.09. The van der Waals surface area contributed by atoms with Crippen LogP contribution in [0, 0.1) is 5.82 Å². The number of anilines is 2. The van der Waals surface area contributed by atoms with Crippen LogP contribution in [0.5, 0.6) is 0 Å². The third-order valence-corrected chi connectivity index (χ3v) is 6.05. The summed E-state index contributed by atoms with van der Waals surface area (Å²) in [6.07, 6.45) is 0. The van der Waals surface area contributed by atoms with Gasteiger partial charge in [0.2, 0.25) is 5.91 Å². The standard InChI is InChI=1S/C17H12Cl2FN3OS2/c18-12-6-5-11(7-13(12)19)22-14(24)8-25-17-23-15(16(21)26-17)9-1-3-10(20)4-2-9/h1-7H,8,21H2,(H,22,24). The summed E-state index contributed by atoms with van der Waals surface area (Å²) < 4.78 is 13.7. The van der Waals surface area contributed by atoms with E-state index in [0.717, 1.165) is 5.56 Å². The van der Waals surface area contributed by atoms with E-state index in [0.29, 0.717) is 30.8 Å². The molecule has 4 nitrogen and oxygen atoms in total. The van der Waals surface area contributed by atoms with Gasteiger partial charge in [-0.2, -0.15) is 0 Å². The molecule has 1 aromatic heterocycles. The Bertz CT molecular complexity index is 948. The fraction of sp³-hybridized carbons (Fsp3) is 0.0588. The molecule has 0 atom stereocenters. The molecule has 9 heteroatoms. The normalized spacial score (nSPS) is 10.7. The number of benzene rings is 2. The molecular formula is C17H12Cl2FN3OS2. The van der Waals surface area contributed by atoms with Gasteiger partial charge >= 0.3 is 0 Å². The van der Waals surface area contributed by atoms with Crippen molar-refractivity contribution in [2.24, 2.45) is 0 Å². The van der Waals surface area contributed by atoms with Crippen LogP contribution in [0.1, 0.15) is 0 Å². The van der Waals surface area contributed by atoms with Crippen molar-refractivity contribution in [2.75, 3.05) is 16.8 Å². The van der Waals surface area contributed by atoms with Crippen molar-refractivity contribution < 1.29 is 9.18 Å². The molecule has 3 aromatic rings. The summed E-state index contributed by atoms with van der Waals surface area (Å²) in [6, 6.07) is 10.8. The highest BCUT2D eigenvalue weighted by molar-refractivity contribution is 8.01. The van der Waals surface area contributed by atoms with Gasteiger partial charge in [0.25, 0.3) is 0 Å². The SMILES string of the molecule is Nc1sc(SCC(=O)Nc2ccc(Cl)c(Cl)c2)nc1-c1ccc(F)cc1. The van der Waals surface area contributed by atoms with Crippen LogP contribution in [-0.4, -0.2) is 16.6 Å². The van der Waals surface area contributed by atoms with Crippen LogP contribution in [0.15, 0.2) is 46.8 Å². The Morgan fingerprint density at radius 1 is 1.19 bits per heavy atom. The summed E-state index contributed by atoms with van der Waals surface area (Å²) >= 11 is 14.3. The van der Waals surface area contributed by atoms with Gasteiger partial charge in [-0.3, -0.25) is 4.79 Å². The number of amides is 1. The highest BCUT2D eigenvalue weighted by Gasteiger charge is 2.13. The monoisotopic (exact) mass is 427 g/mol. The lowest BCUT2D eigenvalue weighted by atomic mass is 10.2. The maximum atomic E-state index is 13.0. The third kappa shape index (κ3) is 4.67. The van der Waals surface area contributed by atoms with E-state index in [1.807, 2.05) is 0 Å². The minimum Gasteiger partial charge on any atom is -0.389 e. The van der Waals surface area contributed by atoms with Gasteiger partial charge in [-0.1, -0.05) is 46.3 Å². The number of halogens is 3. The lowest BCUT2D eigenvalue weighted by Crippen LogP contribution is -2.13. The van der Waals surface area contributed by atoms with Crippen LogP contribution >= 0.6 is 46.3 Å². The molecule has 0 radical (unpaired) electrons. The Hall–Kier alpha value is -1.80. The van der Waals surface area contributed by atoms with Crippen molar-refractivity contribution in [3.05, 3.63) is 58.3 Å². The molecule has 0 saturated carbocycles. The van der Waals surface area contributed by atoms with Gasteiger partial charge in [0.15, 0.2) is 4.34 Å². The molecule has 0 saturated heterocycles. The highest BCUT2D eigenvalue weighted by Crippen LogP contribution is 2.35. The number of nitrogens with zero attached hydrogens (tertiary/aromatic N) is 1. The second-order valence-electron chi connectivity index (χ2n) is 5.17. The second kappa shape index (κ2) is 8.26. The Labute approximate surface area is 167 Å². The molecule has 26 heavy (non-hydrogen) atoms. The molecule has 0 unspecified atom stereocenters. The lowest BCUT2D eigenvalue weighted by molar-refractivity contribution is -0.113. The summed E-state index contributed by atoms with van der Waals surface area (Å²) in [6.45, 7) is 0. The summed E-state index contributed by atoms with van der Waals surface area (Å²) in [5, 5.41) is 4.05. The zero-order chi connectivity index (χ0) is 18.7.